The Hall–Kier alpha value is -3.10. The maximum atomic E-state index is 13.1. The van der Waals surface area contributed by atoms with Gasteiger partial charge in [0, 0.05) is 18.3 Å². The van der Waals surface area contributed by atoms with Gasteiger partial charge in [-0.2, -0.15) is 0 Å². The number of carbonyl (C=O) groups is 4. The highest BCUT2D eigenvalue weighted by Gasteiger charge is 2.49. The first-order valence-electron chi connectivity index (χ1n) is 12.5. The van der Waals surface area contributed by atoms with E-state index in [0.717, 1.165) is 6.29 Å². The summed E-state index contributed by atoms with van der Waals surface area (Å²) in [4.78, 5) is 50.7. The summed E-state index contributed by atoms with van der Waals surface area (Å²) >= 11 is 0. The standard InChI is InChI=1S/C27H38O9/c1-4-32-9-7-8-25(29)23-16-19-14-21(18-28)22(26(30)35-12-10-33-5-2)15-20(19)17-24(23)27(31)36-13-11-34-6-3/h4-6,18-24H,1-3,7-17H2. The lowest BCUT2D eigenvalue weighted by Gasteiger charge is -2.45. The molecule has 0 saturated heterocycles. The van der Waals surface area contributed by atoms with Crippen LogP contribution in [0.15, 0.2) is 38.5 Å². The van der Waals surface area contributed by atoms with Crippen LogP contribution in [0.25, 0.3) is 0 Å². The Morgan fingerprint density at radius 3 is 1.75 bits per heavy atom. The third-order valence-corrected chi connectivity index (χ3v) is 7.04. The van der Waals surface area contributed by atoms with Crippen molar-refractivity contribution in [3.8, 4) is 0 Å². The van der Waals surface area contributed by atoms with Crippen molar-refractivity contribution >= 4 is 24.0 Å². The van der Waals surface area contributed by atoms with Crippen LogP contribution in [-0.2, 0) is 42.9 Å². The molecular weight excluding hydrogens is 468 g/mol. The van der Waals surface area contributed by atoms with E-state index in [1.54, 1.807) is 0 Å². The first-order valence-corrected chi connectivity index (χ1v) is 12.5. The van der Waals surface area contributed by atoms with Crippen molar-refractivity contribution in [3.63, 3.8) is 0 Å². The fourth-order valence-corrected chi connectivity index (χ4v) is 5.36. The van der Waals surface area contributed by atoms with E-state index < -0.39 is 35.6 Å². The van der Waals surface area contributed by atoms with Gasteiger partial charge in [0.1, 0.15) is 38.5 Å². The van der Waals surface area contributed by atoms with Gasteiger partial charge < -0.3 is 28.5 Å². The van der Waals surface area contributed by atoms with Crippen molar-refractivity contribution in [2.75, 3.05) is 33.0 Å². The number of aldehydes is 1. The Labute approximate surface area is 212 Å². The van der Waals surface area contributed by atoms with E-state index in [1.807, 2.05) is 0 Å². The third kappa shape index (κ3) is 8.53. The molecule has 0 aromatic heterocycles. The van der Waals surface area contributed by atoms with Gasteiger partial charge in [-0.05, 0) is 43.9 Å². The molecule has 0 bridgehead atoms. The molecule has 0 spiro atoms. The molecule has 2 aliphatic carbocycles. The van der Waals surface area contributed by atoms with E-state index in [1.165, 1.54) is 18.8 Å². The van der Waals surface area contributed by atoms with Crippen molar-refractivity contribution in [3.05, 3.63) is 38.5 Å². The number of esters is 2. The Balaban J connectivity index is 2.11. The minimum absolute atomic E-state index is 0.00157. The first kappa shape index (κ1) is 29.1. The molecule has 6 unspecified atom stereocenters. The average molecular weight is 507 g/mol. The molecule has 2 saturated carbocycles. The molecule has 0 aliphatic heterocycles. The second-order valence-corrected chi connectivity index (χ2v) is 9.10. The van der Waals surface area contributed by atoms with E-state index in [9.17, 15) is 19.2 Å². The minimum atomic E-state index is -0.617. The summed E-state index contributed by atoms with van der Waals surface area (Å²) in [6, 6.07) is 0. The van der Waals surface area contributed by atoms with Crippen molar-refractivity contribution in [1.82, 2.24) is 0 Å². The third-order valence-electron chi connectivity index (χ3n) is 7.04. The van der Waals surface area contributed by atoms with Crippen LogP contribution >= 0.6 is 0 Å². The number of Topliss-reactive ketones (excluding diaryl/α,β-unsaturated/α-hetero) is 1. The van der Waals surface area contributed by atoms with Gasteiger partial charge in [0.05, 0.1) is 37.2 Å². The maximum absolute atomic E-state index is 13.1. The van der Waals surface area contributed by atoms with Crippen LogP contribution in [0, 0.1) is 35.5 Å². The zero-order valence-electron chi connectivity index (χ0n) is 20.8. The summed E-state index contributed by atoms with van der Waals surface area (Å²) in [6.45, 7) is 11.2. The normalized spacial score (nSPS) is 26.9. The molecule has 0 heterocycles. The maximum Gasteiger partial charge on any atom is 0.309 e. The Morgan fingerprint density at radius 2 is 1.17 bits per heavy atom. The van der Waals surface area contributed by atoms with Crippen molar-refractivity contribution in [2.45, 2.75) is 38.5 Å². The van der Waals surface area contributed by atoms with Crippen LogP contribution in [0.5, 0.6) is 0 Å². The van der Waals surface area contributed by atoms with Crippen LogP contribution < -0.4 is 0 Å². The molecule has 2 fully saturated rings. The van der Waals surface area contributed by atoms with Gasteiger partial charge in [-0.1, -0.05) is 19.7 Å². The number of hydrogen-bond donors (Lipinski definition) is 0. The minimum Gasteiger partial charge on any atom is -0.502 e. The molecule has 0 aromatic carbocycles. The molecule has 9 heteroatoms. The second-order valence-electron chi connectivity index (χ2n) is 9.10. The van der Waals surface area contributed by atoms with Gasteiger partial charge in [0.25, 0.3) is 0 Å². The Bertz CT molecular complexity index is 777. The lowest BCUT2D eigenvalue weighted by Crippen LogP contribution is -2.46. The number of hydrogen-bond acceptors (Lipinski definition) is 9. The summed E-state index contributed by atoms with van der Waals surface area (Å²) in [5.41, 5.74) is 0. The van der Waals surface area contributed by atoms with Gasteiger partial charge in [-0.3, -0.25) is 14.4 Å². The molecule has 2 aliphatic rings. The lowest BCUT2D eigenvalue weighted by molar-refractivity contribution is -0.162. The van der Waals surface area contributed by atoms with E-state index in [4.69, 9.17) is 23.7 Å². The highest BCUT2D eigenvalue weighted by atomic mass is 16.6. The van der Waals surface area contributed by atoms with Crippen LogP contribution in [0.3, 0.4) is 0 Å². The second kappa shape index (κ2) is 15.8. The van der Waals surface area contributed by atoms with E-state index >= 15 is 0 Å². The van der Waals surface area contributed by atoms with Crippen molar-refractivity contribution < 1.29 is 42.9 Å². The number of ketones is 1. The van der Waals surface area contributed by atoms with E-state index in [2.05, 4.69) is 19.7 Å². The van der Waals surface area contributed by atoms with Gasteiger partial charge >= 0.3 is 11.9 Å². The SMILES string of the molecule is C=COCCCC(=O)C1CC2CC(C=O)C(C(=O)OCCOC=C)CC2CC1C(=O)OCCOC=C. The summed E-state index contributed by atoms with van der Waals surface area (Å²) in [7, 11) is 0. The number of carbonyl (C=O) groups excluding carboxylic acids is 4. The van der Waals surface area contributed by atoms with Gasteiger partial charge in [-0.25, -0.2) is 0 Å². The average Bonchev–Trinajstić information content (AvgIpc) is 2.89. The van der Waals surface area contributed by atoms with Crippen molar-refractivity contribution in [2.24, 2.45) is 35.5 Å². The molecule has 0 N–H and O–H groups in total. The van der Waals surface area contributed by atoms with Crippen molar-refractivity contribution in [1.29, 1.82) is 0 Å². The predicted molar refractivity (Wildman–Crippen MR) is 130 cm³/mol. The predicted octanol–water partition coefficient (Wildman–Crippen LogP) is 3.39. The molecule has 6 atom stereocenters. The number of fused-ring (bicyclic) bond motifs is 1. The molecule has 200 valence electrons. The van der Waals surface area contributed by atoms with E-state index in [0.29, 0.717) is 38.7 Å². The molecule has 2 rings (SSSR count). The van der Waals surface area contributed by atoms with Crippen LogP contribution in [-0.4, -0.2) is 57.0 Å². The smallest absolute Gasteiger partial charge is 0.309 e. The monoisotopic (exact) mass is 506 g/mol. The van der Waals surface area contributed by atoms with Gasteiger partial charge in [0.2, 0.25) is 0 Å². The molecular formula is C27H38O9. The molecule has 9 nitrogen and oxygen atoms in total. The lowest BCUT2D eigenvalue weighted by atomic mass is 9.58. The van der Waals surface area contributed by atoms with Crippen LogP contribution in [0.4, 0.5) is 0 Å². The Morgan fingerprint density at radius 1 is 0.667 bits per heavy atom. The van der Waals surface area contributed by atoms with Crippen LogP contribution in [0.2, 0.25) is 0 Å². The quantitative estimate of drug-likeness (QED) is 0.127. The summed E-state index contributed by atoms with van der Waals surface area (Å²) < 4.78 is 25.8. The largest absolute Gasteiger partial charge is 0.502 e. The Kier molecular flexibility index (Phi) is 12.8. The first-order chi connectivity index (χ1) is 17.5. The van der Waals surface area contributed by atoms with Crippen LogP contribution in [0.1, 0.15) is 38.5 Å². The van der Waals surface area contributed by atoms with E-state index in [-0.39, 0.29) is 50.5 Å². The summed E-state index contributed by atoms with van der Waals surface area (Å²) in [5.74, 6) is -3.05. The van der Waals surface area contributed by atoms with Gasteiger partial charge in [-0.15, -0.1) is 0 Å². The number of ether oxygens (including phenoxy) is 5. The summed E-state index contributed by atoms with van der Waals surface area (Å²) in [6.07, 6.45) is 7.27. The zero-order chi connectivity index (χ0) is 26.3. The molecule has 0 radical (unpaired) electrons. The fraction of sp³-hybridized carbons (Fsp3) is 0.630. The molecule has 0 amide bonds. The molecule has 36 heavy (non-hydrogen) atoms. The number of rotatable bonds is 17. The highest BCUT2D eigenvalue weighted by Crippen LogP contribution is 2.49. The topological polar surface area (TPSA) is 114 Å². The fourth-order valence-electron chi connectivity index (χ4n) is 5.36. The zero-order valence-corrected chi connectivity index (χ0v) is 20.8. The highest BCUT2D eigenvalue weighted by molar-refractivity contribution is 5.87. The van der Waals surface area contributed by atoms with Gasteiger partial charge in [0.15, 0.2) is 0 Å². The molecule has 0 aromatic rings. The summed E-state index contributed by atoms with van der Waals surface area (Å²) in [5, 5.41) is 0.